The highest BCUT2D eigenvalue weighted by molar-refractivity contribution is 6.35. The molecule has 1 aromatic heterocycles. The Morgan fingerprint density at radius 2 is 2.11 bits per heavy atom. The maximum atomic E-state index is 11.3. The van der Waals surface area contributed by atoms with Crippen LogP contribution in [0.15, 0.2) is 6.07 Å². The molecule has 0 unspecified atom stereocenters. The van der Waals surface area contributed by atoms with Crippen LogP contribution in [0.5, 0.6) is 0 Å². The fraction of sp³-hybridized carbons (Fsp3) is 0.222. The van der Waals surface area contributed by atoms with Crippen LogP contribution in [0, 0.1) is 10.1 Å². The largest absolute Gasteiger partial charge is 0.463 e. The summed E-state index contributed by atoms with van der Waals surface area (Å²) < 4.78 is 4.21. The van der Waals surface area contributed by atoms with Gasteiger partial charge in [0.05, 0.1) is 18.5 Å². The fourth-order valence-corrected chi connectivity index (χ4v) is 1.75. The molecule has 0 bridgehead atoms. The van der Waals surface area contributed by atoms with Gasteiger partial charge in [-0.05, 0) is 6.07 Å². The molecule has 1 rings (SSSR count). The van der Waals surface area contributed by atoms with Crippen molar-refractivity contribution in [2.24, 2.45) is 0 Å². The number of ether oxygens (including phenoxy) is 1. The normalized spacial score (nSPS) is 9.94. The van der Waals surface area contributed by atoms with Crippen LogP contribution in [0.3, 0.4) is 0 Å². The third-order valence-corrected chi connectivity index (χ3v) is 2.40. The molecule has 18 heavy (non-hydrogen) atoms. The number of methoxy groups -OCH3 is 1. The van der Waals surface area contributed by atoms with Crippen LogP contribution < -0.4 is 0 Å². The number of nitrogens with zero attached hydrogens (tertiary/aromatic N) is 2. The van der Waals surface area contributed by atoms with E-state index in [0.717, 1.165) is 13.2 Å². The van der Waals surface area contributed by atoms with Gasteiger partial charge in [0.15, 0.2) is 0 Å². The number of nitro groups is 1. The number of carbonyl (C=O) groups excluding carboxylic acids is 2. The molecule has 0 atom stereocenters. The first-order valence-electron chi connectivity index (χ1n) is 4.47. The molecule has 7 nitrogen and oxygen atoms in total. The molecule has 0 aliphatic carbocycles. The second-order valence-electron chi connectivity index (χ2n) is 3.09. The molecule has 1 aromatic rings. The quantitative estimate of drug-likeness (QED) is 0.275. The van der Waals surface area contributed by atoms with Gasteiger partial charge in [-0.3, -0.25) is 14.9 Å². The Hall–Kier alpha value is -1.73. The van der Waals surface area contributed by atoms with E-state index in [2.05, 4.69) is 9.72 Å². The van der Waals surface area contributed by atoms with Crippen LogP contribution in [-0.2, 0) is 20.7 Å². The van der Waals surface area contributed by atoms with Crippen molar-refractivity contribution in [3.05, 3.63) is 32.1 Å². The standard InChI is InChI=1S/C9H6Cl2N2O5/c1-18-9(15)5(14)2-4-3-6(10)12-8(11)7(4)13(16)17/h3H,2H2,1H3. The number of Topliss-reactive ketones (excluding diaryl/α,β-unsaturated/α-hetero) is 1. The van der Waals surface area contributed by atoms with E-state index >= 15 is 0 Å². The van der Waals surface area contributed by atoms with E-state index in [-0.39, 0.29) is 10.7 Å². The number of pyridine rings is 1. The van der Waals surface area contributed by atoms with Crippen molar-refractivity contribution < 1.29 is 19.2 Å². The molecule has 96 valence electrons. The SMILES string of the molecule is COC(=O)C(=O)Cc1cc(Cl)nc(Cl)c1[N+](=O)[O-]. The summed E-state index contributed by atoms with van der Waals surface area (Å²) in [4.78, 5) is 35.8. The second-order valence-corrected chi connectivity index (χ2v) is 3.84. The first kappa shape index (κ1) is 14.3. The molecular weight excluding hydrogens is 287 g/mol. The van der Waals surface area contributed by atoms with Gasteiger partial charge in [-0.1, -0.05) is 23.2 Å². The van der Waals surface area contributed by atoms with Crippen molar-refractivity contribution in [1.82, 2.24) is 4.98 Å². The highest BCUT2D eigenvalue weighted by atomic mass is 35.5. The molecule has 0 radical (unpaired) electrons. The van der Waals surface area contributed by atoms with E-state index in [1.807, 2.05) is 0 Å². The van der Waals surface area contributed by atoms with E-state index in [1.165, 1.54) is 0 Å². The third-order valence-electron chi connectivity index (χ3n) is 1.94. The molecule has 0 saturated carbocycles. The molecule has 0 aromatic carbocycles. The summed E-state index contributed by atoms with van der Waals surface area (Å²) in [6, 6.07) is 1.10. The third kappa shape index (κ3) is 3.14. The van der Waals surface area contributed by atoms with Gasteiger partial charge < -0.3 is 4.74 Å². The van der Waals surface area contributed by atoms with Gasteiger partial charge in [-0.25, -0.2) is 9.78 Å². The molecule has 0 spiro atoms. The zero-order valence-corrected chi connectivity index (χ0v) is 10.5. The predicted octanol–water partition coefficient (Wildman–Crippen LogP) is 1.58. The Kier molecular flexibility index (Phi) is 4.57. The van der Waals surface area contributed by atoms with Crippen molar-refractivity contribution >= 4 is 40.6 Å². The Bertz CT molecular complexity index is 532. The van der Waals surface area contributed by atoms with Gasteiger partial charge in [0, 0.05) is 5.56 Å². The molecule has 0 saturated heterocycles. The number of halogens is 2. The highest BCUT2D eigenvalue weighted by Crippen LogP contribution is 2.29. The molecule has 0 fully saturated rings. The van der Waals surface area contributed by atoms with Crippen molar-refractivity contribution in [3.8, 4) is 0 Å². The van der Waals surface area contributed by atoms with Gasteiger partial charge in [0.1, 0.15) is 5.15 Å². The van der Waals surface area contributed by atoms with E-state index in [1.54, 1.807) is 0 Å². The summed E-state index contributed by atoms with van der Waals surface area (Å²) in [5, 5.41) is 10.2. The van der Waals surface area contributed by atoms with E-state index in [4.69, 9.17) is 23.2 Å². The van der Waals surface area contributed by atoms with Crippen LogP contribution in [0.2, 0.25) is 10.3 Å². The lowest BCUT2D eigenvalue weighted by Gasteiger charge is -2.03. The topological polar surface area (TPSA) is 99.4 Å². The van der Waals surface area contributed by atoms with Gasteiger partial charge in [-0.15, -0.1) is 0 Å². The number of aromatic nitrogens is 1. The maximum absolute atomic E-state index is 11.3. The van der Waals surface area contributed by atoms with Crippen molar-refractivity contribution in [2.45, 2.75) is 6.42 Å². The number of hydrogen-bond acceptors (Lipinski definition) is 6. The van der Waals surface area contributed by atoms with Gasteiger partial charge in [0.25, 0.3) is 0 Å². The smallest absolute Gasteiger partial charge is 0.374 e. The molecule has 9 heteroatoms. The van der Waals surface area contributed by atoms with Gasteiger partial charge >= 0.3 is 11.7 Å². The Labute approximate surface area is 111 Å². The van der Waals surface area contributed by atoms with Crippen molar-refractivity contribution in [2.75, 3.05) is 7.11 Å². The van der Waals surface area contributed by atoms with Crippen molar-refractivity contribution in [1.29, 1.82) is 0 Å². The van der Waals surface area contributed by atoms with Crippen molar-refractivity contribution in [3.63, 3.8) is 0 Å². The zero-order valence-electron chi connectivity index (χ0n) is 8.98. The second kappa shape index (κ2) is 5.74. The summed E-state index contributed by atoms with van der Waals surface area (Å²) in [5.74, 6) is -2.05. The number of rotatable bonds is 4. The predicted molar refractivity (Wildman–Crippen MR) is 61.6 cm³/mol. The van der Waals surface area contributed by atoms with Crippen LogP contribution >= 0.6 is 23.2 Å². The Morgan fingerprint density at radius 3 is 2.61 bits per heavy atom. The molecule has 0 aliphatic heterocycles. The first-order chi connectivity index (χ1) is 8.36. The number of carbonyl (C=O) groups is 2. The number of ketones is 1. The monoisotopic (exact) mass is 292 g/mol. The van der Waals surface area contributed by atoms with Crippen LogP contribution in [0.1, 0.15) is 5.56 Å². The number of hydrogen-bond donors (Lipinski definition) is 0. The number of esters is 1. The van der Waals surface area contributed by atoms with E-state index in [0.29, 0.717) is 0 Å². The van der Waals surface area contributed by atoms with E-state index in [9.17, 15) is 19.7 Å². The maximum Gasteiger partial charge on any atom is 0.374 e. The minimum Gasteiger partial charge on any atom is -0.463 e. The lowest BCUT2D eigenvalue weighted by atomic mass is 10.1. The zero-order chi connectivity index (χ0) is 13.9. The molecule has 0 amide bonds. The molecule has 1 heterocycles. The summed E-state index contributed by atoms with van der Waals surface area (Å²) >= 11 is 11.1. The summed E-state index contributed by atoms with van der Waals surface area (Å²) in [6.45, 7) is 0. The van der Waals surface area contributed by atoms with Crippen LogP contribution in [-0.4, -0.2) is 28.8 Å². The lowest BCUT2D eigenvalue weighted by Crippen LogP contribution is -2.18. The first-order valence-corrected chi connectivity index (χ1v) is 5.22. The summed E-state index contributed by atoms with van der Waals surface area (Å²) in [5.41, 5.74) is -0.654. The Balaban J connectivity index is 3.19. The van der Waals surface area contributed by atoms with Gasteiger partial charge in [-0.2, -0.15) is 0 Å². The average Bonchev–Trinajstić information content (AvgIpc) is 2.26. The van der Waals surface area contributed by atoms with E-state index < -0.39 is 33.9 Å². The Morgan fingerprint density at radius 1 is 1.50 bits per heavy atom. The molecular formula is C9H6Cl2N2O5. The average molecular weight is 293 g/mol. The minimum atomic E-state index is -1.10. The lowest BCUT2D eigenvalue weighted by molar-refractivity contribution is -0.385. The minimum absolute atomic E-state index is 0.0969. The molecule has 0 aliphatic rings. The van der Waals surface area contributed by atoms with Crippen LogP contribution in [0.25, 0.3) is 0 Å². The summed E-state index contributed by atoms with van der Waals surface area (Å²) in [6.07, 6.45) is -0.537. The van der Waals surface area contributed by atoms with Gasteiger partial charge in [0.2, 0.25) is 10.9 Å². The van der Waals surface area contributed by atoms with Crippen LogP contribution in [0.4, 0.5) is 5.69 Å². The summed E-state index contributed by atoms with van der Waals surface area (Å²) in [7, 11) is 1.03. The fourth-order valence-electron chi connectivity index (χ4n) is 1.21. The highest BCUT2D eigenvalue weighted by Gasteiger charge is 2.25. The molecule has 0 N–H and O–H groups in total.